The summed E-state index contributed by atoms with van der Waals surface area (Å²) < 4.78 is 0. The van der Waals surface area contributed by atoms with Gasteiger partial charge in [-0.3, -0.25) is 4.99 Å². The van der Waals surface area contributed by atoms with Gasteiger partial charge in [-0.1, -0.05) is 36.4 Å². The Balaban J connectivity index is 2.81. The maximum absolute atomic E-state index is 9.70. The molecule has 0 aliphatic rings. The van der Waals surface area contributed by atoms with Crippen molar-refractivity contribution in [2.24, 2.45) is 4.99 Å². The molecular weight excluding hydrogens is 258 g/mol. The van der Waals surface area contributed by atoms with Crippen LogP contribution in [-0.4, -0.2) is 17.4 Å². The normalized spacial score (nSPS) is 14.6. The smallest absolute Gasteiger partial charge is 0.0499 e. The van der Waals surface area contributed by atoms with Gasteiger partial charge in [-0.05, 0) is 57.2 Å². The predicted octanol–water partition coefficient (Wildman–Crippen LogP) is 4.79. The van der Waals surface area contributed by atoms with Gasteiger partial charge in [0.25, 0.3) is 0 Å². The molecule has 1 aromatic carbocycles. The Morgan fingerprint density at radius 3 is 2.52 bits per heavy atom. The van der Waals surface area contributed by atoms with Crippen LogP contribution in [0, 0.1) is 6.92 Å². The lowest BCUT2D eigenvalue weighted by Crippen LogP contribution is -2.07. The van der Waals surface area contributed by atoms with Crippen molar-refractivity contribution in [1.82, 2.24) is 0 Å². The fraction of sp³-hybridized carbons (Fsp3) is 0.421. The Bertz CT molecular complexity index is 540. The summed E-state index contributed by atoms with van der Waals surface area (Å²) in [5.74, 6) is 0.200. The summed E-state index contributed by atoms with van der Waals surface area (Å²) >= 11 is 0. The molecule has 1 aromatic rings. The number of aryl methyl sites for hydroxylation is 1. The number of hydrogen-bond acceptors (Lipinski definition) is 2. The monoisotopic (exact) mass is 285 g/mol. The van der Waals surface area contributed by atoms with E-state index in [2.05, 4.69) is 44.5 Å². The summed E-state index contributed by atoms with van der Waals surface area (Å²) in [7, 11) is 0. The molecule has 0 saturated heterocycles. The summed E-state index contributed by atoms with van der Waals surface area (Å²) in [6.45, 7) is 12.2. The molecule has 0 saturated carbocycles. The highest BCUT2D eigenvalue weighted by atomic mass is 16.3. The van der Waals surface area contributed by atoms with E-state index in [1.54, 1.807) is 6.20 Å². The van der Waals surface area contributed by atoms with E-state index in [1.165, 1.54) is 22.3 Å². The van der Waals surface area contributed by atoms with E-state index in [-0.39, 0.29) is 12.5 Å². The molecule has 1 N–H and O–H groups in total. The fourth-order valence-electron chi connectivity index (χ4n) is 2.51. The molecule has 2 nitrogen and oxygen atoms in total. The molecular formula is C19H27NO. The number of nitrogens with zero attached hydrogens (tertiary/aromatic N) is 1. The lowest BCUT2D eigenvalue weighted by atomic mass is 9.89. The van der Waals surface area contributed by atoms with E-state index >= 15 is 0 Å². The molecule has 0 fully saturated rings. The number of aliphatic hydroxyl groups is 1. The second-order valence-corrected chi connectivity index (χ2v) is 5.58. The summed E-state index contributed by atoms with van der Waals surface area (Å²) in [6, 6.07) is 8.30. The van der Waals surface area contributed by atoms with Crippen molar-refractivity contribution in [3.05, 3.63) is 59.3 Å². The minimum Gasteiger partial charge on any atom is -0.396 e. The van der Waals surface area contributed by atoms with E-state index in [1.807, 2.05) is 19.1 Å². The topological polar surface area (TPSA) is 32.6 Å². The van der Waals surface area contributed by atoms with Crippen molar-refractivity contribution < 1.29 is 5.11 Å². The largest absolute Gasteiger partial charge is 0.396 e. The maximum Gasteiger partial charge on any atom is 0.0499 e. The first-order valence-electron chi connectivity index (χ1n) is 7.49. The van der Waals surface area contributed by atoms with E-state index in [0.29, 0.717) is 0 Å². The van der Waals surface area contributed by atoms with Crippen molar-refractivity contribution in [2.75, 3.05) is 6.61 Å². The average molecular weight is 285 g/mol. The molecule has 1 unspecified atom stereocenters. The van der Waals surface area contributed by atoms with Gasteiger partial charge in [0.05, 0.1) is 0 Å². The van der Waals surface area contributed by atoms with E-state index in [9.17, 15) is 5.11 Å². The molecule has 0 aromatic heterocycles. The van der Waals surface area contributed by atoms with Gasteiger partial charge in [-0.25, -0.2) is 0 Å². The molecule has 1 rings (SSSR count). The van der Waals surface area contributed by atoms with Crippen LogP contribution in [0.5, 0.6) is 0 Å². The Morgan fingerprint density at radius 2 is 1.95 bits per heavy atom. The van der Waals surface area contributed by atoms with Gasteiger partial charge in [-0.15, -0.1) is 0 Å². The number of hydrogen-bond donors (Lipinski definition) is 1. The Labute approximate surface area is 128 Å². The Hall–Kier alpha value is -1.67. The number of aliphatic hydroxyl groups excluding tert-OH is 1. The lowest BCUT2D eigenvalue weighted by Gasteiger charge is -2.18. The van der Waals surface area contributed by atoms with Crippen molar-refractivity contribution in [2.45, 2.75) is 46.5 Å². The van der Waals surface area contributed by atoms with Gasteiger partial charge in [-0.2, -0.15) is 0 Å². The van der Waals surface area contributed by atoms with Crippen molar-refractivity contribution in [3.8, 4) is 0 Å². The highest BCUT2D eigenvalue weighted by Gasteiger charge is 2.13. The van der Waals surface area contributed by atoms with Gasteiger partial charge in [0.1, 0.15) is 0 Å². The minimum absolute atomic E-state index is 0.191. The summed E-state index contributed by atoms with van der Waals surface area (Å²) in [5, 5.41) is 9.70. The van der Waals surface area contributed by atoms with Crippen molar-refractivity contribution >= 4 is 5.71 Å². The first kappa shape index (κ1) is 17.4. The van der Waals surface area contributed by atoms with Crippen LogP contribution in [0.25, 0.3) is 0 Å². The van der Waals surface area contributed by atoms with Crippen LogP contribution in [0.1, 0.15) is 50.7 Å². The van der Waals surface area contributed by atoms with Gasteiger partial charge >= 0.3 is 0 Å². The van der Waals surface area contributed by atoms with Crippen molar-refractivity contribution in [3.63, 3.8) is 0 Å². The second-order valence-electron chi connectivity index (χ2n) is 5.58. The van der Waals surface area contributed by atoms with E-state index in [4.69, 9.17) is 0 Å². The number of benzene rings is 1. The highest BCUT2D eigenvalue weighted by Crippen LogP contribution is 2.26. The zero-order valence-electron chi connectivity index (χ0n) is 13.7. The van der Waals surface area contributed by atoms with E-state index in [0.717, 1.165) is 18.6 Å². The third-order valence-corrected chi connectivity index (χ3v) is 4.18. The summed E-state index contributed by atoms with van der Waals surface area (Å²) in [6.07, 6.45) is 3.50. The molecule has 0 amide bonds. The molecule has 0 heterocycles. The van der Waals surface area contributed by atoms with Crippen LogP contribution in [0.2, 0.25) is 0 Å². The van der Waals surface area contributed by atoms with Crippen LogP contribution in [0.3, 0.4) is 0 Å². The Kier molecular flexibility index (Phi) is 7.10. The van der Waals surface area contributed by atoms with Gasteiger partial charge in [0.2, 0.25) is 0 Å². The number of aliphatic imine (C=N–C) groups is 1. The van der Waals surface area contributed by atoms with Crippen LogP contribution >= 0.6 is 0 Å². The molecule has 0 aliphatic carbocycles. The fourth-order valence-corrected chi connectivity index (χ4v) is 2.51. The molecule has 1 atom stereocenters. The van der Waals surface area contributed by atoms with Crippen LogP contribution in [0.15, 0.2) is 53.2 Å². The maximum atomic E-state index is 9.70. The van der Waals surface area contributed by atoms with Gasteiger partial charge < -0.3 is 5.11 Å². The Morgan fingerprint density at radius 1 is 1.29 bits per heavy atom. The zero-order chi connectivity index (χ0) is 15.8. The number of rotatable bonds is 7. The second kappa shape index (κ2) is 8.58. The SMILES string of the molecule is C=C/N=C(C)\C(C)=C(/C)CCC(CO)c1ccccc1C. The predicted molar refractivity (Wildman–Crippen MR) is 91.9 cm³/mol. The molecule has 21 heavy (non-hydrogen) atoms. The number of allylic oxidation sites excluding steroid dienone is 2. The van der Waals surface area contributed by atoms with Crippen LogP contribution in [-0.2, 0) is 0 Å². The molecule has 0 bridgehead atoms. The molecule has 0 spiro atoms. The minimum atomic E-state index is 0.191. The summed E-state index contributed by atoms with van der Waals surface area (Å²) in [4.78, 5) is 4.24. The van der Waals surface area contributed by atoms with Gasteiger partial charge in [0, 0.05) is 24.4 Å². The van der Waals surface area contributed by atoms with Gasteiger partial charge in [0.15, 0.2) is 0 Å². The van der Waals surface area contributed by atoms with E-state index < -0.39 is 0 Å². The highest BCUT2D eigenvalue weighted by molar-refractivity contribution is 5.98. The average Bonchev–Trinajstić information content (AvgIpc) is 2.48. The first-order chi connectivity index (χ1) is 10.0. The quantitative estimate of drug-likeness (QED) is 0.718. The molecule has 2 heteroatoms. The lowest BCUT2D eigenvalue weighted by molar-refractivity contribution is 0.259. The molecule has 114 valence electrons. The summed E-state index contributed by atoms with van der Waals surface area (Å²) in [5.41, 5.74) is 6.06. The van der Waals surface area contributed by atoms with Crippen molar-refractivity contribution in [1.29, 1.82) is 0 Å². The standard InChI is InChI=1S/C19H27NO/c1-6-20-17(5)16(4)14(2)11-12-18(13-21)19-10-8-7-9-15(19)3/h6-10,18,21H,1,11-13H2,2-5H3/b16-14+,20-17-. The first-order valence-corrected chi connectivity index (χ1v) is 7.49. The molecule has 0 radical (unpaired) electrons. The zero-order valence-corrected chi connectivity index (χ0v) is 13.7. The third kappa shape index (κ3) is 4.98. The third-order valence-electron chi connectivity index (χ3n) is 4.18. The van der Waals surface area contributed by atoms with Crippen LogP contribution < -0.4 is 0 Å². The van der Waals surface area contributed by atoms with Crippen LogP contribution in [0.4, 0.5) is 0 Å². The molecule has 0 aliphatic heterocycles.